The fourth-order valence-corrected chi connectivity index (χ4v) is 2.35. The number of rotatable bonds is 2. The lowest BCUT2D eigenvalue weighted by Gasteiger charge is -2.07. The summed E-state index contributed by atoms with van der Waals surface area (Å²) in [6.45, 7) is 0. The summed E-state index contributed by atoms with van der Waals surface area (Å²) >= 11 is 11.9. The van der Waals surface area contributed by atoms with Crippen LogP contribution in [0.2, 0.25) is 10.0 Å². The molecule has 21 heavy (non-hydrogen) atoms. The average Bonchev–Trinajstić information content (AvgIpc) is 2.47. The first kappa shape index (κ1) is 13.9. The molecule has 0 unspecified atom stereocenters. The maximum atomic E-state index is 12.1. The van der Waals surface area contributed by atoms with Gasteiger partial charge in [0.25, 0.3) is 0 Å². The summed E-state index contributed by atoms with van der Waals surface area (Å²) in [5.41, 5.74) is 0.492. The van der Waals surface area contributed by atoms with Gasteiger partial charge in [0.1, 0.15) is 5.75 Å². The number of aromatic nitrogens is 1. The molecule has 2 aromatic carbocycles. The molecule has 0 saturated carbocycles. The summed E-state index contributed by atoms with van der Waals surface area (Å²) < 4.78 is 10.5. The van der Waals surface area contributed by atoms with Crippen molar-refractivity contribution in [3.8, 4) is 17.2 Å². The zero-order chi connectivity index (χ0) is 15.0. The summed E-state index contributed by atoms with van der Waals surface area (Å²) in [6.07, 6.45) is 0. The van der Waals surface area contributed by atoms with Crippen LogP contribution in [0.25, 0.3) is 22.4 Å². The number of halogens is 2. The molecule has 0 saturated heterocycles. The van der Waals surface area contributed by atoms with Gasteiger partial charge in [-0.2, -0.15) is 0 Å². The molecule has 0 aliphatic heterocycles. The van der Waals surface area contributed by atoms with E-state index in [2.05, 4.69) is 4.98 Å². The Morgan fingerprint density at radius 2 is 1.81 bits per heavy atom. The monoisotopic (exact) mass is 321 g/mol. The molecule has 0 amide bonds. The first-order valence-corrected chi connectivity index (χ1v) is 6.78. The largest absolute Gasteiger partial charge is 0.496 e. The predicted octanol–water partition coefficient (Wildman–Crippen LogP) is 4.17. The molecule has 0 bridgehead atoms. The highest BCUT2D eigenvalue weighted by Crippen LogP contribution is 2.31. The van der Waals surface area contributed by atoms with E-state index >= 15 is 0 Å². The summed E-state index contributed by atoms with van der Waals surface area (Å²) in [6, 6.07) is 9.85. The van der Waals surface area contributed by atoms with Crippen LogP contribution in [0.3, 0.4) is 0 Å². The van der Waals surface area contributed by atoms with Crippen molar-refractivity contribution in [2.75, 3.05) is 7.11 Å². The predicted molar refractivity (Wildman–Crippen MR) is 82.3 cm³/mol. The van der Waals surface area contributed by atoms with E-state index in [0.717, 1.165) is 0 Å². The first-order chi connectivity index (χ1) is 10.1. The van der Waals surface area contributed by atoms with Gasteiger partial charge in [0.2, 0.25) is 5.89 Å². The van der Waals surface area contributed by atoms with Crippen molar-refractivity contribution in [1.29, 1.82) is 0 Å². The van der Waals surface area contributed by atoms with Crippen molar-refractivity contribution in [3.05, 3.63) is 56.9 Å². The van der Waals surface area contributed by atoms with Crippen LogP contribution in [0.4, 0.5) is 0 Å². The first-order valence-electron chi connectivity index (χ1n) is 6.03. The van der Waals surface area contributed by atoms with E-state index in [1.165, 1.54) is 13.2 Å². The van der Waals surface area contributed by atoms with Gasteiger partial charge >= 0.3 is 5.63 Å². The Hall–Kier alpha value is -2.04. The van der Waals surface area contributed by atoms with Crippen LogP contribution >= 0.6 is 23.2 Å². The second-order valence-corrected chi connectivity index (χ2v) is 5.19. The highest BCUT2D eigenvalue weighted by Gasteiger charge is 2.14. The maximum absolute atomic E-state index is 12.1. The molecule has 3 rings (SSSR count). The van der Waals surface area contributed by atoms with E-state index in [-0.39, 0.29) is 5.89 Å². The number of hydrogen-bond acceptors (Lipinski definition) is 4. The quantitative estimate of drug-likeness (QED) is 0.710. The van der Waals surface area contributed by atoms with E-state index in [9.17, 15) is 4.79 Å². The summed E-state index contributed by atoms with van der Waals surface area (Å²) in [5, 5.41) is 1.27. The van der Waals surface area contributed by atoms with Gasteiger partial charge in [0, 0.05) is 10.0 Å². The molecule has 1 aromatic heterocycles. The van der Waals surface area contributed by atoms with Gasteiger partial charge in [0.15, 0.2) is 0 Å². The van der Waals surface area contributed by atoms with E-state index in [0.29, 0.717) is 32.3 Å². The van der Waals surface area contributed by atoms with Gasteiger partial charge in [0.05, 0.1) is 23.6 Å². The lowest BCUT2D eigenvalue weighted by Crippen LogP contribution is -2.03. The van der Waals surface area contributed by atoms with Crippen molar-refractivity contribution >= 4 is 34.1 Å². The summed E-state index contributed by atoms with van der Waals surface area (Å²) in [4.78, 5) is 16.4. The van der Waals surface area contributed by atoms with Crippen molar-refractivity contribution in [3.63, 3.8) is 0 Å². The van der Waals surface area contributed by atoms with Crippen molar-refractivity contribution in [1.82, 2.24) is 4.98 Å². The maximum Gasteiger partial charge on any atom is 0.347 e. The van der Waals surface area contributed by atoms with Crippen LogP contribution in [-0.4, -0.2) is 12.1 Å². The SMILES string of the molecule is COc1ccc(Cl)cc1-c1nc2ccc(Cl)cc2c(=O)o1. The number of methoxy groups -OCH3 is 1. The van der Waals surface area contributed by atoms with Crippen molar-refractivity contribution < 1.29 is 9.15 Å². The van der Waals surface area contributed by atoms with Gasteiger partial charge in [-0.3, -0.25) is 0 Å². The smallest absolute Gasteiger partial charge is 0.347 e. The Labute approximate surface area is 129 Å². The van der Waals surface area contributed by atoms with Gasteiger partial charge in [-0.25, -0.2) is 9.78 Å². The highest BCUT2D eigenvalue weighted by atomic mass is 35.5. The molecule has 0 N–H and O–H groups in total. The highest BCUT2D eigenvalue weighted by molar-refractivity contribution is 6.31. The molecule has 1 heterocycles. The fourth-order valence-electron chi connectivity index (χ4n) is 2.01. The minimum absolute atomic E-state index is 0.147. The number of nitrogens with zero attached hydrogens (tertiary/aromatic N) is 1. The third kappa shape index (κ3) is 2.60. The zero-order valence-corrected chi connectivity index (χ0v) is 12.4. The van der Waals surface area contributed by atoms with Crippen LogP contribution < -0.4 is 10.4 Å². The van der Waals surface area contributed by atoms with Crippen LogP contribution in [0.5, 0.6) is 5.75 Å². The molecule has 0 aliphatic rings. The molecule has 0 fully saturated rings. The van der Waals surface area contributed by atoms with Crippen LogP contribution in [0, 0.1) is 0 Å². The van der Waals surface area contributed by atoms with Crippen LogP contribution in [-0.2, 0) is 0 Å². The second-order valence-electron chi connectivity index (χ2n) is 4.31. The van der Waals surface area contributed by atoms with Gasteiger partial charge in [-0.15, -0.1) is 0 Å². The molecule has 3 aromatic rings. The molecule has 0 spiro atoms. The van der Waals surface area contributed by atoms with Gasteiger partial charge in [-0.05, 0) is 36.4 Å². The fraction of sp³-hybridized carbons (Fsp3) is 0.0667. The second kappa shape index (κ2) is 5.39. The standard InChI is InChI=1S/C15H9Cl2NO3/c1-20-13-5-3-9(17)7-11(13)14-18-12-4-2-8(16)6-10(12)15(19)21-14/h2-7H,1H3. The zero-order valence-electron chi connectivity index (χ0n) is 10.9. The lowest BCUT2D eigenvalue weighted by molar-refractivity contribution is 0.413. The molecule has 0 aliphatic carbocycles. The topological polar surface area (TPSA) is 52.3 Å². The molecule has 0 radical (unpaired) electrons. The van der Waals surface area contributed by atoms with Gasteiger partial charge in [-0.1, -0.05) is 23.2 Å². The minimum atomic E-state index is -0.514. The molecule has 4 nitrogen and oxygen atoms in total. The Bertz CT molecular complexity index is 890. The van der Waals surface area contributed by atoms with Crippen LogP contribution in [0.15, 0.2) is 45.6 Å². The molecular weight excluding hydrogens is 313 g/mol. The Morgan fingerprint density at radius 1 is 1.10 bits per heavy atom. The number of ether oxygens (including phenoxy) is 1. The molecule has 0 atom stereocenters. The van der Waals surface area contributed by atoms with E-state index in [1.54, 1.807) is 30.3 Å². The third-order valence-corrected chi connectivity index (χ3v) is 3.45. The van der Waals surface area contributed by atoms with E-state index < -0.39 is 5.63 Å². The molecule has 106 valence electrons. The average molecular weight is 322 g/mol. The normalized spacial score (nSPS) is 10.8. The minimum Gasteiger partial charge on any atom is -0.496 e. The Morgan fingerprint density at radius 3 is 2.57 bits per heavy atom. The number of benzene rings is 2. The van der Waals surface area contributed by atoms with Crippen molar-refractivity contribution in [2.45, 2.75) is 0 Å². The van der Waals surface area contributed by atoms with E-state index in [4.69, 9.17) is 32.4 Å². The number of hydrogen-bond donors (Lipinski definition) is 0. The van der Waals surface area contributed by atoms with Crippen molar-refractivity contribution in [2.24, 2.45) is 0 Å². The molecule has 6 heteroatoms. The lowest BCUT2D eigenvalue weighted by atomic mass is 10.2. The van der Waals surface area contributed by atoms with Gasteiger partial charge < -0.3 is 9.15 Å². The third-order valence-electron chi connectivity index (χ3n) is 2.98. The summed E-state index contributed by atoms with van der Waals surface area (Å²) in [7, 11) is 1.52. The Kier molecular flexibility index (Phi) is 3.57. The van der Waals surface area contributed by atoms with Crippen LogP contribution in [0.1, 0.15) is 0 Å². The summed E-state index contributed by atoms with van der Waals surface area (Å²) in [5.74, 6) is 0.664. The Balaban J connectivity index is 2.29. The van der Waals surface area contributed by atoms with E-state index in [1.807, 2.05) is 0 Å². The number of fused-ring (bicyclic) bond motifs is 1. The molecular formula is C15H9Cl2NO3.